The van der Waals surface area contributed by atoms with E-state index in [2.05, 4.69) is 35.0 Å². The zero-order chi connectivity index (χ0) is 13.1. The summed E-state index contributed by atoms with van der Waals surface area (Å²) < 4.78 is 0.856. The van der Waals surface area contributed by atoms with Gasteiger partial charge in [0.2, 0.25) is 0 Å². The number of benzene rings is 1. The molecule has 1 N–H and O–H groups in total. The summed E-state index contributed by atoms with van der Waals surface area (Å²) in [5, 5.41) is 10.9. The average molecular weight is 346 g/mol. The summed E-state index contributed by atoms with van der Waals surface area (Å²) in [4.78, 5) is 2.56. The van der Waals surface area contributed by atoms with Gasteiger partial charge in [0.15, 0.2) is 0 Å². The van der Waals surface area contributed by atoms with Crippen molar-refractivity contribution in [2.24, 2.45) is 0 Å². The molecule has 1 unspecified atom stereocenters. The minimum absolute atomic E-state index is 0.500. The van der Waals surface area contributed by atoms with Gasteiger partial charge in [-0.3, -0.25) is 0 Å². The Morgan fingerprint density at radius 1 is 1.28 bits per heavy atom. The Kier molecular flexibility index (Phi) is 4.84. The van der Waals surface area contributed by atoms with Gasteiger partial charge in [-0.25, -0.2) is 0 Å². The standard InChI is InChI=1S/C14H14BrClOS/c1-2-10-4-5-11(18-10)8-14(17)12-6-3-9(16)7-13(12)15/h3-7,14,17H,2,8H2,1H3. The summed E-state index contributed by atoms with van der Waals surface area (Å²) >= 11 is 11.1. The highest BCUT2D eigenvalue weighted by molar-refractivity contribution is 9.10. The third-order valence-electron chi connectivity index (χ3n) is 2.78. The highest BCUT2D eigenvalue weighted by Gasteiger charge is 2.13. The van der Waals surface area contributed by atoms with Crippen LogP contribution in [0.2, 0.25) is 5.02 Å². The highest BCUT2D eigenvalue weighted by atomic mass is 79.9. The van der Waals surface area contributed by atoms with Crippen LogP contribution >= 0.6 is 38.9 Å². The number of halogens is 2. The van der Waals surface area contributed by atoms with Gasteiger partial charge in [0.1, 0.15) is 0 Å². The average Bonchev–Trinajstić information content (AvgIpc) is 2.76. The number of rotatable bonds is 4. The molecule has 2 rings (SSSR count). The van der Waals surface area contributed by atoms with Crippen molar-refractivity contribution in [2.45, 2.75) is 25.9 Å². The van der Waals surface area contributed by atoms with E-state index >= 15 is 0 Å². The highest BCUT2D eigenvalue weighted by Crippen LogP contribution is 2.30. The zero-order valence-corrected chi connectivity index (χ0v) is 13.1. The molecule has 0 saturated heterocycles. The molecule has 18 heavy (non-hydrogen) atoms. The summed E-state index contributed by atoms with van der Waals surface area (Å²) in [6.45, 7) is 2.14. The van der Waals surface area contributed by atoms with Gasteiger partial charge in [0, 0.05) is 25.7 Å². The summed E-state index contributed by atoms with van der Waals surface area (Å²) in [5.74, 6) is 0. The molecule has 1 aromatic carbocycles. The van der Waals surface area contributed by atoms with Gasteiger partial charge in [-0.15, -0.1) is 11.3 Å². The smallest absolute Gasteiger partial charge is 0.0849 e. The Labute approximate surface area is 125 Å². The second kappa shape index (κ2) is 6.20. The van der Waals surface area contributed by atoms with Crippen LogP contribution in [-0.4, -0.2) is 5.11 Å². The molecule has 0 aliphatic heterocycles. The zero-order valence-electron chi connectivity index (χ0n) is 9.99. The maximum Gasteiger partial charge on any atom is 0.0849 e. The summed E-state index contributed by atoms with van der Waals surface area (Å²) in [6.07, 6.45) is 1.19. The Bertz CT molecular complexity index is 538. The minimum atomic E-state index is -0.500. The number of thiophene rings is 1. The molecule has 0 spiro atoms. The number of aryl methyl sites for hydroxylation is 1. The molecule has 0 bridgehead atoms. The lowest BCUT2D eigenvalue weighted by molar-refractivity contribution is 0.178. The van der Waals surface area contributed by atoms with E-state index in [9.17, 15) is 5.11 Å². The molecular weight excluding hydrogens is 332 g/mol. The third-order valence-corrected chi connectivity index (χ3v) is 4.96. The topological polar surface area (TPSA) is 20.2 Å². The van der Waals surface area contributed by atoms with Crippen molar-refractivity contribution in [3.05, 3.63) is 55.1 Å². The Hall–Kier alpha value is -0.350. The van der Waals surface area contributed by atoms with Crippen molar-refractivity contribution < 1.29 is 5.11 Å². The molecule has 1 atom stereocenters. The van der Waals surface area contributed by atoms with E-state index in [1.807, 2.05) is 12.1 Å². The van der Waals surface area contributed by atoms with Crippen LogP contribution in [0.4, 0.5) is 0 Å². The van der Waals surface area contributed by atoms with E-state index in [0.717, 1.165) is 16.5 Å². The molecule has 0 radical (unpaired) electrons. The first-order valence-electron chi connectivity index (χ1n) is 5.80. The van der Waals surface area contributed by atoms with Gasteiger partial charge >= 0.3 is 0 Å². The number of aliphatic hydroxyl groups is 1. The van der Waals surface area contributed by atoms with Crippen molar-refractivity contribution in [1.29, 1.82) is 0 Å². The second-order valence-electron chi connectivity index (χ2n) is 4.11. The quantitative estimate of drug-likeness (QED) is 0.826. The maximum atomic E-state index is 10.3. The van der Waals surface area contributed by atoms with Gasteiger partial charge in [-0.05, 0) is 36.2 Å². The van der Waals surface area contributed by atoms with Crippen molar-refractivity contribution in [3.63, 3.8) is 0 Å². The van der Waals surface area contributed by atoms with Crippen molar-refractivity contribution in [3.8, 4) is 0 Å². The summed E-state index contributed by atoms with van der Waals surface area (Å²) in [7, 11) is 0. The van der Waals surface area contributed by atoms with Gasteiger partial charge < -0.3 is 5.11 Å². The molecule has 0 saturated carbocycles. The molecule has 0 amide bonds. The summed E-state index contributed by atoms with van der Waals surface area (Å²) in [5.41, 5.74) is 0.880. The molecule has 0 aliphatic carbocycles. The predicted octanol–water partition coefficient (Wildman–Crippen LogP) is 5.00. The fourth-order valence-corrected chi connectivity index (χ4v) is 3.74. The van der Waals surface area contributed by atoms with Crippen LogP contribution < -0.4 is 0 Å². The first-order valence-corrected chi connectivity index (χ1v) is 7.79. The van der Waals surface area contributed by atoms with Gasteiger partial charge in [0.25, 0.3) is 0 Å². The lowest BCUT2D eigenvalue weighted by Crippen LogP contribution is -2.01. The lowest BCUT2D eigenvalue weighted by atomic mass is 10.1. The number of hydrogen-bond donors (Lipinski definition) is 1. The van der Waals surface area contributed by atoms with E-state index in [1.54, 1.807) is 17.4 Å². The first kappa shape index (κ1) is 14.1. The fourth-order valence-electron chi connectivity index (χ4n) is 1.79. The maximum absolute atomic E-state index is 10.3. The first-order chi connectivity index (χ1) is 8.60. The normalized spacial score (nSPS) is 12.7. The molecular formula is C14H14BrClOS. The fraction of sp³-hybridized carbons (Fsp3) is 0.286. The SMILES string of the molecule is CCc1ccc(CC(O)c2ccc(Cl)cc2Br)s1. The van der Waals surface area contributed by atoms with Crippen LogP contribution in [0.5, 0.6) is 0 Å². The number of hydrogen-bond acceptors (Lipinski definition) is 2. The largest absolute Gasteiger partial charge is 0.388 e. The number of aliphatic hydroxyl groups excluding tert-OH is 1. The molecule has 96 valence electrons. The van der Waals surface area contributed by atoms with E-state index in [1.165, 1.54) is 9.75 Å². The van der Waals surface area contributed by atoms with E-state index in [-0.39, 0.29) is 0 Å². The molecule has 0 fully saturated rings. The van der Waals surface area contributed by atoms with Crippen LogP contribution in [-0.2, 0) is 12.8 Å². The van der Waals surface area contributed by atoms with Crippen molar-refractivity contribution in [2.75, 3.05) is 0 Å². The van der Waals surface area contributed by atoms with Crippen LogP contribution in [0.3, 0.4) is 0 Å². The van der Waals surface area contributed by atoms with Crippen LogP contribution in [0.1, 0.15) is 28.3 Å². The molecule has 2 aromatic rings. The van der Waals surface area contributed by atoms with Crippen LogP contribution in [0, 0.1) is 0 Å². The Morgan fingerprint density at radius 2 is 2.00 bits per heavy atom. The molecule has 4 heteroatoms. The van der Waals surface area contributed by atoms with E-state index in [4.69, 9.17) is 11.6 Å². The monoisotopic (exact) mass is 344 g/mol. The van der Waals surface area contributed by atoms with Gasteiger partial charge in [-0.1, -0.05) is 40.5 Å². The third kappa shape index (κ3) is 3.35. The molecule has 1 nitrogen and oxygen atoms in total. The van der Waals surface area contributed by atoms with Crippen molar-refractivity contribution >= 4 is 38.9 Å². The Morgan fingerprint density at radius 3 is 2.61 bits per heavy atom. The second-order valence-corrected chi connectivity index (χ2v) is 6.65. The lowest BCUT2D eigenvalue weighted by Gasteiger charge is -2.12. The molecule has 0 aliphatic rings. The molecule has 1 aromatic heterocycles. The van der Waals surface area contributed by atoms with Gasteiger partial charge in [-0.2, -0.15) is 0 Å². The Balaban J connectivity index is 2.13. The van der Waals surface area contributed by atoms with E-state index < -0.39 is 6.10 Å². The van der Waals surface area contributed by atoms with Gasteiger partial charge in [0.05, 0.1) is 6.10 Å². The predicted molar refractivity (Wildman–Crippen MR) is 81.5 cm³/mol. The van der Waals surface area contributed by atoms with E-state index in [0.29, 0.717) is 11.4 Å². The van der Waals surface area contributed by atoms with Crippen LogP contribution in [0.25, 0.3) is 0 Å². The van der Waals surface area contributed by atoms with Crippen molar-refractivity contribution in [1.82, 2.24) is 0 Å². The van der Waals surface area contributed by atoms with Crippen LogP contribution in [0.15, 0.2) is 34.8 Å². The summed E-state index contributed by atoms with van der Waals surface area (Å²) in [6, 6.07) is 9.70. The molecule has 1 heterocycles. The minimum Gasteiger partial charge on any atom is -0.388 e.